The Morgan fingerprint density at radius 1 is 1.06 bits per heavy atom. The maximum Gasteiger partial charge on any atom is 0.319 e. The molecule has 35 heavy (non-hydrogen) atoms. The highest BCUT2D eigenvalue weighted by Gasteiger charge is 2.13. The summed E-state index contributed by atoms with van der Waals surface area (Å²) in [6, 6.07) is 14.1. The molecule has 2 aliphatic rings. The average Bonchev–Trinajstić information content (AvgIpc) is 2.87. The van der Waals surface area contributed by atoms with E-state index in [1.165, 1.54) is 5.56 Å². The molecule has 0 spiro atoms. The maximum absolute atomic E-state index is 12.7. The standard InChI is InChI=1S/C26H32N8O/c1-18-17-29-25-31-21-4-2-3-19(15-21)5-6-20-16-22(30-24(18)33-25)7-8-23(20)32-26(35)28-11-14-34-12-9-27-10-13-34/h2-4,7-8,15-17,27H,5-6,9-14H2,1H3,(H2,28,32,35)(H2,29,30,31,33). The van der Waals surface area contributed by atoms with Gasteiger partial charge in [0.2, 0.25) is 5.95 Å². The molecule has 2 aromatic carbocycles. The number of benzene rings is 2. The van der Waals surface area contributed by atoms with Gasteiger partial charge in [-0.25, -0.2) is 9.78 Å². The summed E-state index contributed by atoms with van der Waals surface area (Å²) in [5.41, 5.74) is 5.91. The van der Waals surface area contributed by atoms with E-state index >= 15 is 0 Å². The van der Waals surface area contributed by atoms with Crippen molar-refractivity contribution in [1.29, 1.82) is 0 Å². The van der Waals surface area contributed by atoms with E-state index in [0.717, 1.165) is 79.6 Å². The quantitative estimate of drug-likeness (QED) is 0.396. The first-order valence-corrected chi connectivity index (χ1v) is 12.2. The van der Waals surface area contributed by atoms with Crippen molar-refractivity contribution < 1.29 is 4.79 Å². The van der Waals surface area contributed by atoms with E-state index in [2.05, 4.69) is 59.7 Å². The number of amides is 2. The first kappa shape index (κ1) is 23.1. The fourth-order valence-corrected chi connectivity index (χ4v) is 4.41. The highest BCUT2D eigenvalue weighted by atomic mass is 16.2. The number of piperazine rings is 1. The van der Waals surface area contributed by atoms with Crippen LogP contribution in [0.1, 0.15) is 16.7 Å². The van der Waals surface area contributed by atoms with Crippen molar-refractivity contribution in [2.24, 2.45) is 0 Å². The summed E-state index contributed by atoms with van der Waals surface area (Å²) in [4.78, 5) is 24.1. The minimum atomic E-state index is -0.178. The van der Waals surface area contributed by atoms with Crippen molar-refractivity contribution in [1.82, 2.24) is 25.5 Å². The van der Waals surface area contributed by atoms with Crippen molar-refractivity contribution in [2.45, 2.75) is 19.8 Å². The maximum atomic E-state index is 12.7. The molecule has 9 nitrogen and oxygen atoms in total. The number of nitrogens with one attached hydrogen (secondary N) is 5. The molecule has 0 unspecified atom stereocenters. The van der Waals surface area contributed by atoms with Gasteiger partial charge in [0, 0.05) is 68.1 Å². The number of carbonyl (C=O) groups is 1. The topological polar surface area (TPSA) is 106 Å². The lowest BCUT2D eigenvalue weighted by Gasteiger charge is -2.27. The molecule has 3 heterocycles. The molecule has 5 N–H and O–H groups in total. The van der Waals surface area contributed by atoms with Crippen LogP contribution in [0.3, 0.4) is 0 Å². The number of rotatable bonds is 4. The smallest absolute Gasteiger partial charge is 0.319 e. The molecule has 9 heteroatoms. The van der Waals surface area contributed by atoms with E-state index in [9.17, 15) is 4.79 Å². The molecule has 0 atom stereocenters. The highest BCUT2D eigenvalue weighted by Crippen LogP contribution is 2.27. The molecule has 5 rings (SSSR count). The molecule has 3 aromatic rings. The second-order valence-corrected chi connectivity index (χ2v) is 9.02. The lowest BCUT2D eigenvalue weighted by Crippen LogP contribution is -2.46. The van der Waals surface area contributed by atoms with Crippen molar-refractivity contribution in [3.63, 3.8) is 0 Å². The summed E-state index contributed by atoms with van der Waals surface area (Å²) in [7, 11) is 0. The molecule has 1 saturated heterocycles. The Morgan fingerprint density at radius 3 is 2.80 bits per heavy atom. The predicted octanol–water partition coefficient (Wildman–Crippen LogP) is 3.40. The number of urea groups is 1. The Balaban J connectivity index is 1.34. The number of aromatic nitrogens is 2. The molecular weight excluding hydrogens is 440 g/mol. The van der Waals surface area contributed by atoms with Gasteiger partial charge in [0.25, 0.3) is 0 Å². The summed E-state index contributed by atoms with van der Waals surface area (Å²) in [5.74, 6) is 1.29. The molecule has 1 fully saturated rings. The van der Waals surface area contributed by atoms with Crippen LogP contribution < -0.4 is 26.6 Å². The van der Waals surface area contributed by atoms with Crippen LogP contribution in [0.2, 0.25) is 0 Å². The Kier molecular flexibility index (Phi) is 7.06. The predicted molar refractivity (Wildman–Crippen MR) is 140 cm³/mol. The monoisotopic (exact) mass is 472 g/mol. The number of anilines is 5. The van der Waals surface area contributed by atoms with Crippen LogP contribution in [0.5, 0.6) is 0 Å². The van der Waals surface area contributed by atoms with Crippen molar-refractivity contribution in [2.75, 3.05) is 55.2 Å². The molecule has 0 aliphatic carbocycles. The third-order valence-electron chi connectivity index (χ3n) is 6.38. The van der Waals surface area contributed by atoms with Crippen molar-refractivity contribution >= 4 is 34.9 Å². The van der Waals surface area contributed by atoms with Crippen LogP contribution in [0.15, 0.2) is 48.7 Å². The average molecular weight is 473 g/mol. The van der Waals surface area contributed by atoms with Gasteiger partial charge in [-0.2, -0.15) is 4.98 Å². The zero-order valence-electron chi connectivity index (χ0n) is 20.0. The lowest BCUT2D eigenvalue weighted by molar-refractivity contribution is 0.233. The SMILES string of the molecule is Cc1cnc2nc1Nc1ccc(NC(=O)NCCN3CCNCC3)c(c1)CCc1cccc(c1)N2. The largest absolute Gasteiger partial charge is 0.340 e. The highest BCUT2D eigenvalue weighted by molar-refractivity contribution is 5.90. The third-order valence-corrected chi connectivity index (χ3v) is 6.38. The van der Waals surface area contributed by atoms with Crippen molar-refractivity contribution in [3.8, 4) is 0 Å². The second-order valence-electron chi connectivity index (χ2n) is 9.02. The third kappa shape index (κ3) is 6.06. The zero-order chi connectivity index (χ0) is 24.0. The van der Waals surface area contributed by atoms with E-state index in [1.807, 2.05) is 37.4 Å². The van der Waals surface area contributed by atoms with Gasteiger partial charge in [-0.15, -0.1) is 0 Å². The molecule has 2 amide bonds. The second kappa shape index (κ2) is 10.7. The summed E-state index contributed by atoms with van der Waals surface area (Å²) >= 11 is 0. The van der Waals surface area contributed by atoms with Gasteiger partial charge in [-0.1, -0.05) is 12.1 Å². The van der Waals surface area contributed by atoms with Gasteiger partial charge in [-0.05, 0) is 61.2 Å². The van der Waals surface area contributed by atoms with Crippen LogP contribution in [0, 0.1) is 6.92 Å². The number of nitrogens with zero attached hydrogens (tertiary/aromatic N) is 3. The van der Waals surface area contributed by atoms with Crippen LogP contribution in [0.4, 0.5) is 33.6 Å². The van der Waals surface area contributed by atoms with Crippen LogP contribution in [0.25, 0.3) is 0 Å². The number of hydrogen-bond donors (Lipinski definition) is 5. The van der Waals surface area contributed by atoms with Crippen LogP contribution >= 0.6 is 0 Å². The molecular formula is C26H32N8O. The van der Waals surface area contributed by atoms with E-state index in [0.29, 0.717) is 12.5 Å². The minimum Gasteiger partial charge on any atom is -0.340 e. The molecule has 2 aliphatic heterocycles. The lowest BCUT2D eigenvalue weighted by atomic mass is 10.0. The Morgan fingerprint density at radius 2 is 1.91 bits per heavy atom. The van der Waals surface area contributed by atoms with Crippen LogP contribution in [-0.4, -0.2) is 60.2 Å². The Hall–Kier alpha value is -3.69. The van der Waals surface area contributed by atoms with Gasteiger partial charge in [-0.3, -0.25) is 4.90 Å². The first-order valence-electron chi connectivity index (χ1n) is 12.2. The molecule has 1 aromatic heterocycles. The fraction of sp³-hybridized carbons (Fsp3) is 0.346. The summed E-state index contributed by atoms with van der Waals surface area (Å²) in [6.07, 6.45) is 3.44. The Bertz CT molecular complexity index is 1190. The van der Waals surface area contributed by atoms with E-state index in [1.54, 1.807) is 0 Å². The molecule has 0 saturated carbocycles. The molecule has 0 radical (unpaired) electrons. The minimum absolute atomic E-state index is 0.178. The van der Waals surface area contributed by atoms with Gasteiger partial charge in [0.15, 0.2) is 0 Å². The molecule has 6 bridgehead atoms. The van der Waals surface area contributed by atoms with Crippen molar-refractivity contribution in [3.05, 3.63) is 65.4 Å². The van der Waals surface area contributed by atoms with E-state index in [4.69, 9.17) is 0 Å². The summed E-state index contributed by atoms with van der Waals surface area (Å²) in [6.45, 7) is 7.51. The molecule has 182 valence electrons. The van der Waals surface area contributed by atoms with Gasteiger partial charge in [0.1, 0.15) is 5.82 Å². The number of hydrogen-bond acceptors (Lipinski definition) is 7. The van der Waals surface area contributed by atoms with Gasteiger partial charge in [0.05, 0.1) is 0 Å². The number of aryl methyl sites for hydroxylation is 3. The van der Waals surface area contributed by atoms with Gasteiger partial charge < -0.3 is 26.6 Å². The Labute approximate surface area is 205 Å². The summed E-state index contributed by atoms with van der Waals surface area (Å²) in [5, 5.41) is 16.1. The normalized spacial score (nSPS) is 15.5. The van der Waals surface area contributed by atoms with Crippen LogP contribution in [-0.2, 0) is 12.8 Å². The fourth-order valence-electron chi connectivity index (χ4n) is 4.41. The van der Waals surface area contributed by atoms with E-state index in [-0.39, 0.29) is 6.03 Å². The van der Waals surface area contributed by atoms with E-state index < -0.39 is 0 Å². The zero-order valence-corrected chi connectivity index (χ0v) is 20.0. The first-order chi connectivity index (χ1) is 17.1. The summed E-state index contributed by atoms with van der Waals surface area (Å²) < 4.78 is 0. The number of fused-ring (bicyclic) bond motifs is 6. The number of carbonyl (C=O) groups excluding carboxylic acids is 1. The van der Waals surface area contributed by atoms with Gasteiger partial charge >= 0.3 is 6.03 Å².